The zero-order chi connectivity index (χ0) is 15.1. The van der Waals surface area contributed by atoms with Crippen LogP contribution in [0.5, 0.6) is 0 Å². The Morgan fingerprint density at radius 3 is 3.00 bits per heavy atom. The van der Waals surface area contributed by atoms with Crippen LogP contribution in [0.1, 0.15) is 10.4 Å². The number of rotatable bonds is 3. The topological polar surface area (TPSA) is 67.1 Å². The number of urea groups is 1. The van der Waals surface area contributed by atoms with E-state index in [1.54, 1.807) is 6.07 Å². The van der Waals surface area contributed by atoms with Crippen molar-refractivity contribution in [2.75, 3.05) is 11.9 Å². The van der Waals surface area contributed by atoms with Crippen LogP contribution in [-0.2, 0) is 6.54 Å². The summed E-state index contributed by atoms with van der Waals surface area (Å²) in [6.07, 6.45) is 0. The number of hydrogen-bond donors (Lipinski definition) is 3. The number of benzene rings is 1. The van der Waals surface area contributed by atoms with Gasteiger partial charge in [-0.15, -0.1) is 11.3 Å². The lowest BCUT2D eigenvalue weighted by Crippen LogP contribution is -2.28. The molecule has 0 bridgehead atoms. The third-order valence-electron chi connectivity index (χ3n) is 2.56. The maximum Gasteiger partial charge on any atom is 0.319 e. The molecule has 0 fully saturated rings. The van der Waals surface area contributed by atoms with Gasteiger partial charge in [0, 0.05) is 16.1 Å². The van der Waals surface area contributed by atoms with Crippen LogP contribution in [0.2, 0.25) is 0 Å². The fourth-order valence-corrected chi connectivity index (χ4v) is 2.41. The number of nitrogens with one attached hydrogen (secondary N) is 2. The standard InChI is InChI=1S/C15H14FN3OS/c16-12-4-1-5-13(9-12)19-15(20)18-10-14-11(3-2-7-17)6-8-21-14/h1,4-6,8-9H,7,10,17H2,(H2,18,19,20). The maximum atomic E-state index is 13.0. The second kappa shape index (κ2) is 7.43. The zero-order valence-corrected chi connectivity index (χ0v) is 12.0. The van der Waals surface area contributed by atoms with Crippen LogP contribution in [-0.4, -0.2) is 12.6 Å². The smallest absolute Gasteiger partial charge is 0.319 e. The van der Waals surface area contributed by atoms with Crippen molar-refractivity contribution in [1.29, 1.82) is 0 Å². The highest BCUT2D eigenvalue weighted by molar-refractivity contribution is 7.10. The highest BCUT2D eigenvalue weighted by Gasteiger charge is 2.06. The number of carbonyl (C=O) groups is 1. The van der Waals surface area contributed by atoms with E-state index in [0.717, 1.165) is 10.4 Å². The van der Waals surface area contributed by atoms with E-state index in [1.807, 2.05) is 11.4 Å². The average Bonchev–Trinajstić information content (AvgIpc) is 2.90. The summed E-state index contributed by atoms with van der Waals surface area (Å²) in [5, 5.41) is 7.18. The van der Waals surface area contributed by atoms with Crippen LogP contribution >= 0.6 is 11.3 Å². The van der Waals surface area contributed by atoms with E-state index in [2.05, 4.69) is 22.5 Å². The summed E-state index contributed by atoms with van der Waals surface area (Å²) >= 11 is 1.50. The summed E-state index contributed by atoms with van der Waals surface area (Å²) < 4.78 is 13.0. The van der Waals surface area contributed by atoms with Crippen molar-refractivity contribution in [2.24, 2.45) is 5.73 Å². The first-order chi connectivity index (χ1) is 10.2. The lowest BCUT2D eigenvalue weighted by Gasteiger charge is -2.07. The minimum Gasteiger partial charge on any atom is -0.333 e. The summed E-state index contributed by atoms with van der Waals surface area (Å²) in [4.78, 5) is 12.7. The molecule has 2 rings (SSSR count). The summed E-state index contributed by atoms with van der Waals surface area (Å²) in [5.41, 5.74) is 6.60. The van der Waals surface area contributed by atoms with Gasteiger partial charge < -0.3 is 16.4 Å². The molecule has 1 aromatic carbocycles. The second-order valence-electron chi connectivity index (χ2n) is 4.08. The van der Waals surface area contributed by atoms with Gasteiger partial charge in [0.2, 0.25) is 0 Å². The molecule has 21 heavy (non-hydrogen) atoms. The fourth-order valence-electron chi connectivity index (χ4n) is 1.64. The predicted molar refractivity (Wildman–Crippen MR) is 82.5 cm³/mol. The predicted octanol–water partition coefficient (Wildman–Crippen LogP) is 2.52. The first kappa shape index (κ1) is 15.0. The maximum absolute atomic E-state index is 13.0. The largest absolute Gasteiger partial charge is 0.333 e. The molecule has 4 N–H and O–H groups in total. The Balaban J connectivity index is 1.91. The Morgan fingerprint density at radius 1 is 1.38 bits per heavy atom. The molecule has 0 saturated carbocycles. The number of amides is 2. The monoisotopic (exact) mass is 303 g/mol. The van der Waals surface area contributed by atoms with Gasteiger partial charge in [-0.2, -0.15) is 0 Å². The van der Waals surface area contributed by atoms with Gasteiger partial charge in [-0.3, -0.25) is 0 Å². The van der Waals surface area contributed by atoms with E-state index >= 15 is 0 Å². The average molecular weight is 303 g/mol. The molecule has 108 valence electrons. The van der Waals surface area contributed by atoms with Crippen LogP contribution in [0.15, 0.2) is 35.7 Å². The molecule has 0 saturated heterocycles. The van der Waals surface area contributed by atoms with Gasteiger partial charge in [-0.05, 0) is 29.6 Å². The molecule has 0 aliphatic rings. The molecule has 0 spiro atoms. The molecule has 0 aliphatic carbocycles. The molecule has 0 atom stereocenters. The Hall–Kier alpha value is -2.36. The number of carbonyl (C=O) groups excluding carboxylic acids is 1. The molecule has 4 nitrogen and oxygen atoms in total. The van der Waals surface area contributed by atoms with Crippen LogP contribution in [0.25, 0.3) is 0 Å². The van der Waals surface area contributed by atoms with E-state index < -0.39 is 11.8 Å². The third kappa shape index (κ3) is 4.60. The number of halogens is 1. The summed E-state index contributed by atoms with van der Waals surface area (Å²) in [6, 6.07) is 7.21. The Bertz CT molecular complexity index is 687. The molecular formula is C15H14FN3OS. The molecule has 0 unspecified atom stereocenters. The van der Waals surface area contributed by atoms with Gasteiger partial charge in [0.25, 0.3) is 0 Å². The first-order valence-corrected chi connectivity index (χ1v) is 7.12. The van der Waals surface area contributed by atoms with Crippen molar-refractivity contribution in [3.8, 4) is 11.8 Å². The van der Waals surface area contributed by atoms with E-state index in [4.69, 9.17) is 5.73 Å². The highest BCUT2D eigenvalue weighted by Crippen LogP contribution is 2.15. The lowest BCUT2D eigenvalue weighted by atomic mass is 10.2. The minimum absolute atomic E-state index is 0.294. The molecule has 0 radical (unpaired) electrons. The summed E-state index contributed by atoms with van der Waals surface area (Å²) in [7, 11) is 0. The van der Waals surface area contributed by atoms with Crippen molar-refractivity contribution in [1.82, 2.24) is 5.32 Å². The van der Waals surface area contributed by atoms with Gasteiger partial charge in [-0.25, -0.2) is 9.18 Å². The number of anilines is 1. The Morgan fingerprint density at radius 2 is 2.24 bits per heavy atom. The van der Waals surface area contributed by atoms with Crippen LogP contribution in [0.4, 0.5) is 14.9 Å². The molecule has 6 heteroatoms. The molecule has 0 aliphatic heterocycles. The van der Waals surface area contributed by atoms with Gasteiger partial charge in [0.05, 0.1) is 13.1 Å². The second-order valence-corrected chi connectivity index (χ2v) is 5.08. The van der Waals surface area contributed by atoms with Crippen molar-refractivity contribution in [2.45, 2.75) is 6.54 Å². The quantitative estimate of drug-likeness (QED) is 0.763. The zero-order valence-electron chi connectivity index (χ0n) is 11.2. The molecule has 1 heterocycles. The van der Waals surface area contributed by atoms with E-state index in [1.165, 1.54) is 29.5 Å². The Labute approximate surface area is 126 Å². The van der Waals surface area contributed by atoms with E-state index in [-0.39, 0.29) is 0 Å². The van der Waals surface area contributed by atoms with Crippen LogP contribution < -0.4 is 16.4 Å². The Kier molecular flexibility index (Phi) is 5.32. The molecule has 2 aromatic rings. The van der Waals surface area contributed by atoms with E-state index in [0.29, 0.717) is 18.8 Å². The highest BCUT2D eigenvalue weighted by atomic mass is 32.1. The third-order valence-corrected chi connectivity index (χ3v) is 3.48. The van der Waals surface area contributed by atoms with Crippen molar-refractivity contribution >= 4 is 23.1 Å². The van der Waals surface area contributed by atoms with E-state index in [9.17, 15) is 9.18 Å². The van der Waals surface area contributed by atoms with Gasteiger partial charge >= 0.3 is 6.03 Å². The number of thiophene rings is 1. The lowest BCUT2D eigenvalue weighted by molar-refractivity contribution is 0.252. The summed E-state index contributed by atoms with van der Waals surface area (Å²) in [5.74, 6) is 5.33. The number of nitrogens with two attached hydrogens (primary N) is 1. The SMILES string of the molecule is NCC#Cc1ccsc1CNC(=O)Nc1cccc(F)c1. The van der Waals surface area contributed by atoms with Crippen LogP contribution in [0.3, 0.4) is 0 Å². The number of hydrogen-bond acceptors (Lipinski definition) is 3. The molecular weight excluding hydrogens is 289 g/mol. The fraction of sp³-hybridized carbons (Fsp3) is 0.133. The van der Waals surface area contributed by atoms with Gasteiger partial charge in [0.15, 0.2) is 0 Å². The normalized spacial score (nSPS) is 9.62. The van der Waals surface area contributed by atoms with Crippen molar-refractivity contribution < 1.29 is 9.18 Å². The first-order valence-electron chi connectivity index (χ1n) is 6.25. The van der Waals surface area contributed by atoms with Crippen molar-refractivity contribution in [3.63, 3.8) is 0 Å². The van der Waals surface area contributed by atoms with Gasteiger partial charge in [0.1, 0.15) is 5.82 Å². The molecule has 2 amide bonds. The molecule has 1 aromatic heterocycles. The van der Waals surface area contributed by atoms with Crippen molar-refractivity contribution in [3.05, 3.63) is 52.0 Å². The van der Waals surface area contributed by atoms with Gasteiger partial charge in [-0.1, -0.05) is 17.9 Å². The van der Waals surface area contributed by atoms with Crippen LogP contribution in [0, 0.1) is 17.7 Å². The summed E-state index contributed by atoms with van der Waals surface area (Å²) in [6.45, 7) is 0.649. The minimum atomic E-state index is -0.398.